The largest absolute Gasteiger partial charge is 0.451 e. The molecule has 0 radical (unpaired) electrons. The molecule has 6 heteroatoms. The molecule has 0 saturated carbocycles. The van der Waals surface area contributed by atoms with E-state index in [0.29, 0.717) is 5.75 Å². The summed E-state index contributed by atoms with van der Waals surface area (Å²) in [6, 6.07) is 12.6. The molecule has 0 fully saturated rings. The third-order valence-corrected chi connectivity index (χ3v) is 3.97. The van der Waals surface area contributed by atoms with Gasteiger partial charge in [-0.05, 0) is 37.1 Å². The van der Waals surface area contributed by atoms with Crippen LogP contribution in [0.2, 0.25) is 0 Å². The van der Waals surface area contributed by atoms with Crippen molar-refractivity contribution >= 4 is 0 Å². The first-order valence-electron chi connectivity index (χ1n) is 8.23. The van der Waals surface area contributed by atoms with E-state index in [-0.39, 0.29) is 18.9 Å². The highest BCUT2D eigenvalue weighted by Crippen LogP contribution is 2.17. The molecular formula is C20H20N2O4. The Bertz CT molecular complexity index is 1010. The van der Waals surface area contributed by atoms with Gasteiger partial charge in [0.15, 0.2) is 5.75 Å². The van der Waals surface area contributed by atoms with E-state index in [0.717, 1.165) is 22.3 Å². The fourth-order valence-corrected chi connectivity index (χ4v) is 2.81. The zero-order chi connectivity index (χ0) is 18.7. The molecule has 134 valence electrons. The number of aliphatic hydroxyl groups is 1. The van der Waals surface area contributed by atoms with Crippen LogP contribution in [0.25, 0.3) is 0 Å². The van der Waals surface area contributed by atoms with E-state index in [9.17, 15) is 9.59 Å². The van der Waals surface area contributed by atoms with E-state index >= 15 is 0 Å². The third kappa shape index (κ3) is 3.92. The van der Waals surface area contributed by atoms with Crippen molar-refractivity contribution in [3.8, 4) is 11.5 Å². The number of hydrogen-bond acceptors (Lipinski definition) is 4. The summed E-state index contributed by atoms with van der Waals surface area (Å²) in [7, 11) is 0. The SMILES string of the molecule is Cc1cc(C)cc(Cn2[nH]cc(Oc3ccc(CO)cc3)c(=O)c2=O)c1. The number of aryl methyl sites for hydroxylation is 2. The summed E-state index contributed by atoms with van der Waals surface area (Å²) in [4.78, 5) is 24.7. The monoisotopic (exact) mass is 352 g/mol. The highest BCUT2D eigenvalue weighted by Gasteiger charge is 2.10. The zero-order valence-corrected chi connectivity index (χ0v) is 14.7. The maximum Gasteiger partial charge on any atom is 0.316 e. The molecule has 1 aromatic heterocycles. The minimum atomic E-state index is -0.709. The fourth-order valence-electron chi connectivity index (χ4n) is 2.81. The lowest BCUT2D eigenvalue weighted by Crippen LogP contribution is -2.36. The summed E-state index contributed by atoms with van der Waals surface area (Å²) in [5.74, 6) is 0.350. The van der Waals surface area contributed by atoms with Gasteiger partial charge in [0.25, 0.3) is 5.43 Å². The van der Waals surface area contributed by atoms with Gasteiger partial charge in [0.05, 0.1) is 19.3 Å². The second-order valence-corrected chi connectivity index (χ2v) is 6.26. The molecule has 0 bridgehead atoms. The Labute approximate surface area is 150 Å². The number of aromatic amines is 1. The van der Waals surface area contributed by atoms with Crippen LogP contribution in [0.3, 0.4) is 0 Å². The molecule has 6 nitrogen and oxygen atoms in total. The lowest BCUT2D eigenvalue weighted by molar-refractivity contribution is 0.281. The average molecular weight is 352 g/mol. The molecule has 0 aliphatic heterocycles. The summed E-state index contributed by atoms with van der Waals surface area (Å²) in [5, 5.41) is 11.9. The van der Waals surface area contributed by atoms with Gasteiger partial charge in [-0.1, -0.05) is 41.5 Å². The first-order valence-corrected chi connectivity index (χ1v) is 8.23. The first-order chi connectivity index (χ1) is 12.5. The van der Waals surface area contributed by atoms with Crippen molar-refractivity contribution in [3.63, 3.8) is 0 Å². The Morgan fingerprint density at radius 2 is 1.65 bits per heavy atom. The highest BCUT2D eigenvalue weighted by molar-refractivity contribution is 5.32. The Morgan fingerprint density at radius 3 is 2.27 bits per heavy atom. The van der Waals surface area contributed by atoms with Gasteiger partial charge in [-0.25, -0.2) is 4.68 Å². The van der Waals surface area contributed by atoms with E-state index in [2.05, 4.69) is 5.10 Å². The summed E-state index contributed by atoms with van der Waals surface area (Å²) >= 11 is 0. The Hall–Kier alpha value is -3.12. The van der Waals surface area contributed by atoms with Gasteiger partial charge in [0.1, 0.15) is 5.75 Å². The number of benzene rings is 2. The zero-order valence-electron chi connectivity index (χ0n) is 14.7. The van der Waals surface area contributed by atoms with E-state index in [1.807, 2.05) is 32.0 Å². The van der Waals surface area contributed by atoms with Crippen molar-refractivity contribution in [2.75, 3.05) is 0 Å². The molecule has 0 atom stereocenters. The minimum absolute atomic E-state index is 0.0663. The van der Waals surface area contributed by atoms with Crippen LogP contribution in [-0.2, 0) is 13.2 Å². The number of nitrogens with one attached hydrogen (secondary N) is 1. The molecule has 3 rings (SSSR count). The summed E-state index contributed by atoms with van der Waals surface area (Å²) in [6.07, 6.45) is 1.38. The maximum atomic E-state index is 12.4. The van der Waals surface area contributed by atoms with Crippen LogP contribution >= 0.6 is 0 Å². The normalized spacial score (nSPS) is 10.7. The summed E-state index contributed by atoms with van der Waals surface area (Å²) < 4.78 is 6.76. The predicted octanol–water partition coefficient (Wildman–Crippen LogP) is 2.49. The number of nitrogens with zero attached hydrogens (tertiary/aromatic N) is 1. The van der Waals surface area contributed by atoms with Crippen molar-refractivity contribution < 1.29 is 9.84 Å². The molecule has 2 aromatic carbocycles. The molecule has 0 spiro atoms. The lowest BCUT2D eigenvalue weighted by Gasteiger charge is -2.10. The topological polar surface area (TPSA) is 84.3 Å². The first kappa shape index (κ1) is 17.7. The molecule has 2 N–H and O–H groups in total. The van der Waals surface area contributed by atoms with Crippen molar-refractivity contribution in [2.24, 2.45) is 0 Å². The van der Waals surface area contributed by atoms with Crippen LogP contribution in [0.5, 0.6) is 11.5 Å². The molecule has 0 aliphatic rings. The fraction of sp³-hybridized carbons (Fsp3) is 0.200. The van der Waals surface area contributed by atoms with Gasteiger partial charge in [-0.15, -0.1) is 0 Å². The average Bonchev–Trinajstić information content (AvgIpc) is 2.61. The number of H-pyrrole nitrogens is 1. The molecule has 0 aliphatic carbocycles. The standard InChI is InChI=1S/C20H20N2O4/c1-13-7-14(2)9-16(8-13)11-22-20(25)19(24)18(10-21-22)26-17-5-3-15(12-23)4-6-17/h3-10,21,23H,11-12H2,1-2H3. The smallest absolute Gasteiger partial charge is 0.316 e. The molecule has 3 aromatic rings. The second-order valence-electron chi connectivity index (χ2n) is 6.26. The summed E-state index contributed by atoms with van der Waals surface area (Å²) in [5.41, 5.74) is 2.49. The Kier molecular flexibility index (Phi) is 5.04. The molecular weight excluding hydrogens is 332 g/mol. The van der Waals surface area contributed by atoms with Gasteiger partial charge in [-0.3, -0.25) is 14.7 Å². The van der Waals surface area contributed by atoms with Crippen LogP contribution in [0.1, 0.15) is 22.3 Å². The van der Waals surface area contributed by atoms with Gasteiger partial charge in [0.2, 0.25) is 0 Å². The van der Waals surface area contributed by atoms with E-state index in [1.54, 1.807) is 24.3 Å². The maximum absolute atomic E-state index is 12.4. The quantitative estimate of drug-likeness (QED) is 0.691. The van der Waals surface area contributed by atoms with Crippen molar-refractivity contribution in [3.05, 3.63) is 91.5 Å². The third-order valence-electron chi connectivity index (χ3n) is 3.97. The van der Waals surface area contributed by atoms with E-state index in [1.165, 1.54) is 10.9 Å². The van der Waals surface area contributed by atoms with Crippen LogP contribution < -0.4 is 15.7 Å². The molecule has 0 saturated heterocycles. The van der Waals surface area contributed by atoms with E-state index in [4.69, 9.17) is 9.84 Å². The van der Waals surface area contributed by atoms with Crippen LogP contribution in [0, 0.1) is 13.8 Å². The summed E-state index contributed by atoms with van der Waals surface area (Å²) in [6.45, 7) is 4.18. The second kappa shape index (κ2) is 7.41. The number of aromatic nitrogens is 2. The van der Waals surface area contributed by atoms with Gasteiger partial charge < -0.3 is 9.84 Å². The van der Waals surface area contributed by atoms with Gasteiger partial charge in [0, 0.05) is 0 Å². The molecule has 26 heavy (non-hydrogen) atoms. The Balaban J connectivity index is 1.86. The van der Waals surface area contributed by atoms with Crippen molar-refractivity contribution in [2.45, 2.75) is 27.0 Å². The number of rotatable bonds is 5. The molecule has 1 heterocycles. The van der Waals surface area contributed by atoms with Gasteiger partial charge >= 0.3 is 5.56 Å². The van der Waals surface area contributed by atoms with E-state index < -0.39 is 11.0 Å². The van der Waals surface area contributed by atoms with Gasteiger partial charge in [-0.2, -0.15) is 0 Å². The Morgan fingerprint density at radius 1 is 1.00 bits per heavy atom. The lowest BCUT2D eigenvalue weighted by atomic mass is 10.1. The van der Waals surface area contributed by atoms with Crippen molar-refractivity contribution in [1.29, 1.82) is 0 Å². The number of hydrogen-bond donors (Lipinski definition) is 2. The predicted molar refractivity (Wildman–Crippen MR) is 98.8 cm³/mol. The van der Waals surface area contributed by atoms with Crippen LogP contribution in [-0.4, -0.2) is 14.9 Å². The van der Waals surface area contributed by atoms with Crippen LogP contribution in [0.15, 0.2) is 58.3 Å². The number of aliphatic hydroxyl groups excluding tert-OH is 1. The molecule has 0 unspecified atom stereocenters. The minimum Gasteiger partial charge on any atom is -0.451 e. The van der Waals surface area contributed by atoms with Crippen molar-refractivity contribution in [1.82, 2.24) is 9.78 Å². The molecule has 0 amide bonds. The number of ether oxygens (including phenoxy) is 1. The van der Waals surface area contributed by atoms with Crippen LogP contribution in [0.4, 0.5) is 0 Å². The highest BCUT2D eigenvalue weighted by atomic mass is 16.5.